The number of carbonyl (C=O) groups is 1. The van der Waals surface area contributed by atoms with Gasteiger partial charge in [-0.05, 0) is 18.8 Å². The van der Waals surface area contributed by atoms with Gasteiger partial charge in [-0.15, -0.1) is 0 Å². The Morgan fingerprint density at radius 1 is 1.35 bits per heavy atom. The van der Waals surface area contributed by atoms with Gasteiger partial charge in [-0.3, -0.25) is 4.79 Å². The van der Waals surface area contributed by atoms with Crippen LogP contribution in [-0.2, 0) is 9.53 Å². The van der Waals surface area contributed by atoms with Gasteiger partial charge in [0.2, 0.25) is 0 Å². The molecule has 0 aliphatic carbocycles. The molecular formula is C14H29NO2. The molecule has 0 rings (SSSR count). The molecule has 1 N–H and O–H groups in total. The summed E-state index contributed by atoms with van der Waals surface area (Å²) in [7, 11) is 1.43. The lowest BCUT2D eigenvalue weighted by atomic mass is 9.86. The van der Waals surface area contributed by atoms with Crippen LogP contribution in [-0.4, -0.2) is 25.7 Å². The van der Waals surface area contributed by atoms with E-state index < -0.39 is 0 Å². The second-order valence-electron chi connectivity index (χ2n) is 5.68. The first-order valence-electron chi connectivity index (χ1n) is 6.71. The topological polar surface area (TPSA) is 38.3 Å². The normalized spacial score (nSPS) is 13.5. The summed E-state index contributed by atoms with van der Waals surface area (Å²) in [5.41, 5.74) is 0.305. The summed E-state index contributed by atoms with van der Waals surface area (Å²) in [5, 5.41) is 3.41. The number of nitrogens with one attached hydrogen (secondary N) is 1. The lowest BCUT2D eigenvalue weighted by Crippen LogP contribution is -2.36. The predicted molar refractivity (Wildman–Crippen MR) is 72.0 cm³/mol. The molecule has 0 aromatic rings. The van der Waals surface area contributed by atoms with E-state index in [1.54, 1.807) is 0 Å². The van der Waals surface area contributed by atoms with Crippen LogP contribution in [0.4, 0.5) is 0 Å². The SMILES string of the molecule is CCCCCC(C)(C)CNC(C)CC(=O)OC. The summed E-state index contributed by atoms with van der Waals surface area (Å²) in [4.78, 5) is 11.1. The summed E-state index contributed by atoms with van der Waals surface area (Å²) >= 11 is 0. The lowest BCUT2D eigenvalue weighted by molar-refractivity contribution is -0.141. The van der Waals surface area contributed by atoms with Crippen LogP contribution in [0.15, 0.2) is 0 Å². The minimum Gasteiger partial charge on any atom is -0.469 e. The Labute approximate surface area is 106 Å². The summed E-state index contributed by atoms with van der Waals surface area (Å²) in [6, 6.07) is 0.188. The molecular weight excluding hydrogens is 214 g/mol. The van der Waals surface area contributed by atoms with Crippen LogP contribution in [0.5, 0.6) is 0 Å². The van der Waals surface area contributed by atoms with E-state index >= 15 is 0 Å². The lowest BCUT2D eigenvalue weighted by Gasteiger charge is -2.27. The van der Waals surface area contributed by atoms with Crippen molar-refractivity contribution in [2.75, 3.05) is 13.7 Å². The number of ether oxygens (including phenoxy) is 1. The molecule has 0 radical (unpaired) electrons. The zero-order valence-electron chi connectivity index (χ0n) is 12.1. The molecule has 0 aromatic heterocycles. The fourth-order valence-electron chi connectivity index (χ4n) is 1.80. The van der Waals surface area contributed by atoms with E-state index in [1.165, 1.54) is 32.8 Å². The molecule has 3 nitrogen and oxygen atoms in total. The molecule has 1 atom stereocenters. The fraction of sp³-hybridized carbons (Fsp3) is 0.929. The predicted octanol–water partition coefficient (Wildman–Crippen LogP) is 3.13. The van der Waals surface area contributed by atoms with Crippen molar-refractivity contribution in [1.82, 2.24) is 5.32 Å². The summed E-state index contributed by atoms with van der Waals surface area (Å²) in [5.74, 6) is -0.145. The van der Waals surface area contributed by atoms with Crippen LogP contribution in [0.2, 0.25) is 0 Å². The molecule has 0 bridgehead atoms. The fourth-order valence-corrected chi connectivity index (χ4v) is 1.80. The molecule has 0 spiro atoms. The quantitative estimate of drug-likeness (QED) is 0.499. The van der Waals surface area contributed by atoms with E-state index in [9.17, 15) is 4.79 Å². The molecule has 102 valence electrons. The number of rotatable bonds is 9. The van der Waals surface area contributed by atoms with Gasteiger partial charge in [0.1, 0.15) is 0 Å². The molecule has 0 heterocycles. The number of esters is 1. The van der Waals surface area contributed by atoms with Crippen molar-refractivity contribution in [3.05, 3.63) is 0 Å². The van der Waals surface area contributed by atoms with Crippen LogP contribution in [0.25, 0.3) is 0 Å². The highest BCUT2D eigenvalue weighted by molar-refractivity contribution is 5.69. The minimum atomic E-state index is -0.145. The zero-order valence-corrected chi connectivity index (χ0v) is 12.1. The first-order chi connectivity index (χ1) is 7.91. The van der Waals surface area contributed by atoms with E-state index in [0.29, 0.717) is 11.8 Å². The number of hydrogen-bond acceptors (Lipinski definition) is 3. The molecule has 3 heteroatoms. The highest BCUT2D eigenvalue weighted by Crippen LogP contribution is 2.22. The number of methoxy groups -OCH3 is 1. The molecule has 17 heavy (non-hydrogen) atoms. The van der Waals surface area contributed by atoms with Crippen molar-refractivity contribution >= 4 is 5.97 Å². The Hall–Kier alpha value is -0.570. The van der Waals surface area contributed by atoms with Crippen molar-refractivity contribution in [2.45, 2.75) is 65.8 Å². The standard InChI is InChI=1S/C14H29NO2/c1-6-7-8-9-14(3,4)11-15-12(2)10-13(16)17-5/h12,15H,6-11H2,1-5H3. The maximum atomic E-state index is 11.1. The Balaban J connectivity index is 3.79. The van der Waals surface area contributed by atoms with E-state index in [1.807, 2.05) is 6.92 Å². The Morgan fingerprint density at radius 2 is 2.00 bits per heavy atom. The molecule has 1 unspecified atom stereocenters. The summed E-state index contributed by atoms with van der Waals surface area (Å²) < 4.78 is 4.65. The van der Waals surface area contributed by atoms with E-state index in [4.69, 9.17) is 0 Å². The Bertz CT molecular complexity index is 214. The van der Waals surface area contributed by atoms with Crippen molar-refractivity contribution in [2.24, 2.45) is 5.41 Å². The van der Waals surface area contributed by atoms with Crippen LogP contribution in [0, 0.1) is 5.41 Å². The van der Waals surface area contributed by atoms with Crippen molar-refractivity contribution in [1.29, 1.82) is 0 Å². The van der Waals surface area contributed by atoms with Crippen LogP contribution in [0.1, 0.15) is 59.8 Å². The summed E-state index contributed by atoms with van der Waals surface area (Å²) in [6.07, 6.45) is 5.54. The van der Waals surface area contributed by atoms with Gasteiger partial charge < -0.3 is 10.1 Å². The third-order valence-electron chi connectivity index (χ3n) is 3.09. The zero-order chi connectivity index (χ0) is 13.3. The second-order valence-corrected chi connectivity index (χ2v) is 5.68. The molecule has 0 aliphatic heterocycles. The summed E-state index contributed by atoms with van der Waals surface area (Å²) in [6.45, 7) is 9.76. The van der Waals surface area contributed by atoms with E-state index in [-0.39, 0.29) is 12.0 Å². The number of carbonyl (C=O) groups excluding carboxylic acids is 1. The molecule has 0 aliphatic rings. The third-order valence-corrected chi connectivity index (χ3v) is 3.09. The first-order valence-corrected chi connectivity index (χ1v) is 6.71. The van der Waals surface area contributed by atoms with Crippen LogP contribution < -0.4 is 5.32 Å². The largest absolute Gasteiger partial charge is 0.469 e. The van der Waals surface area contributed by atoms with Crippen molar-refractivity contribution in [3.63, 3.8) is 0 Å². The van der Waals surface area contributed by atoms with Crippen molar-refractivity contribution in [3.8, 4) is 0 Å². The van der Waals surface area contributed by atoms with Gasteiger partial charge in [-0.2, -0.15) is 0 Å². The Kier molecular flexibility index (Phi) is 8.23. The maximum absolute atomic E-state index is 11.1. The van der Waals surface area contributed by atoms with Crippen molar-refractivity contribution < 1.29 is 9.53 Å². The molecule has 0 saturated carbocycles. The average molecular weight is 243 g/mol. The molecule has 0 saturated heterocycles. The van der Waals surface area contributed by atoms with E-state index in [0.717, 1.165) is 6.54 Å². The minimum absolute atomic E-state index is 0.145. The maximum Gasteiger partial charge on any atom is 0.307 e. The van der Waals surface area contributed by atoms with Gasteiger partial charge in [0, 0.05) is 12.6 Å². The third kappa shape index (κ3) is 9.16. The second kappa shape index (κ2) is 8.51. The molecule has 0 fully saturated rings. The Morgan fingerprint density at radius 3 is 2.53 bits per heavy atom. The van der Waals surface area contributed by atoms with Crippen LogP contribution in [0.3, 0.4) is 0 Å². The van der Waals surface area contributed by atoms with Gasteiger partial charge >= 0.3 is 5.97 Å². The van der Waals surface area contributed by atoms with Gasteiger partial charge in [0.15, 0.2) is 0 Å². The molecule has 0 aromatic carbocycles. The number of hydrogen-bond donors (Lipinski definition) is 1. The monoisotopic (exact) mass is 243 g/mol. The van der Waals surface area contributed by atoms with Gasteiger partial charge in [0.05, 0.1) is 13.5 Å². The van der Waals surface area contributed by atoms with Crippen LogP contribution >= 0.6 is 0 Å². The number of unbranched alkanes of at least 4 members (excludes halogenated alkanes) is 2. The smallest absolute Gasteiger partial charge is 0.307 e. The van der Waals surface area contributed by atoms with Gasteiger partial charge in [0.25, 0.3) is 0 Å². The average Bonchev–Trinajstić information content (AvgIpc) is 2.26. The van der Waals surface area contributed by atoms with Gasteiger partial charge in [-0.25, -0.2) is 0 Å². The van der Waals surface area contributed by atoms with E-state index in [2.05, 4.69) is 30.8 Å². The highest BCUT2D eigenvalue weighted by atomic mass is 16.5. The van der Waals surface area contributed by atoms with Gasteiger partial charge in [-0.1, -0.05) is 40.0 Å². The molecule has 0 amide bonds. The highest BCUT2D eigenvalue weighted by Gasteiger charge is 2.18. The first kappa shape index (κ1) is 16.4.